The van der Waals surface area contributed by atoms with Crippen molar-refractivity contribution < 1.29 is 4.74 Å². The molecule has 0 N–H and O–H groups in total. The molecule has 0 bridgehead atoms. The Morgan fingerprint density at radius 3 is 2.92 bits per heavy atom. The molecule has 2 aromatic rings. The largest absolute Gasteiger partial charge is 0.379 e. The quantitative estimate of drug-likeness (QED) is 0.674. The molecule has 25 heavy (non-hydrogen) atoms. The first-order valence-corrected chi connectivity index (χ1v) is 8.94. The third-order valence-corrected chi connectivity index (χ3v) is 4.50. The summed E-state index contributed by atoms with van der Waals surface area (Å²) in [4.78, 5) is 8.98. The van der Waals surface area contributed by atoms with E-state index in [0.29, 0.717) is 12.5 Å². The molecule has 0 radical (unpaired) electrons. The first-order valence-electron chi connectivity index (χ1n) is 8.94. The SMILES string of the molecule is CCn1nnc2c1[C@@H](COCCN(C)C)CN(Cc1ccccn1)C2. The minimum Gasteiger partial charge on any atom is -0.379 e. The van der Waals surface area contributed by atoms with E-state index in [-0.39, 0.29) is 0 Å². The summed E-state index contributed by atoms with van der Waals surface area (Å²) >= 11 is 0. The van der Waals surface area contributed by atoms with E-state index < -0.39 is 0 Å². The van der Waals surface area contributed by atoms with E-state index >= 15 is 0 Å². The van der Waals surface area contributed by atoms with Crippen LogP contribution in [0.5, 0.6) is 0 Å². The number of aromatic nitrogens is 4. The maximum Gasteiger partial charge on any atom is 0.100 e. The minimum absolute atomic E-state index is 0.296. The number of rotatable bonds is 8. The lowest BCUT2D eigenvalue weighted by atomic mass is 9.98. The first kappa shape index (κ1) is 18.0. The molecular formula is C18H28N6O. The Kier molecular flexibility index (Phi) is 6.12. The van der Waals surface area contributed by atoms with Gasteiger partial charge in [-0.1, -0.05) is 11.3 Å². The minimum atomic E-state index is 0.296. The Bertz CT molecular complexity index is 657. The van der Waals surface area contributed by atoms with E-state index in [9.17, 15) is 0 Å². The highest BCUT2D eigenvalue weighted by molar-refractivity contribution is 5.20. The highest BCUT2D eigenvalue weighted by Gasteiger charge is 2.30. The smallest absolute Gasteiger partial charge is 0.100 e. The van der Waals surface area contributed by atoms with Crippen LogP contribution in [0.25, 0.3) is 0 Å². The summed E-state index contributed by atoms with van der Waals surface area (Å²) in [5.74, 6) is 0.296. The average Bonchev–Trinajstić information content (AvgIpc) is 3.02. The number of pyridine rings is 1. The maximum atomic E-state index is 5.96. The van der Waals surface area contributed by atoms with Crippen LogP contribution in [0.15, 0.2) is 24.4 Å². The van der Waals surface area contributed by atoms with E-state index in [2.05, 4.69) is 52.2 Å². The zero-order chi connectivity index (χ0) is 17.6. The van der Waals surface area contributed by atoms with Gasteiger partial charge in [-0.2, -0.15) is 0 Å². The van der Waals surface area contributed by atoms with Gasteiger partial charge >= 0.3 is 0 Å². The Morgan fingerprint density at radius 2 is 2.20 bits per heavy atom. The molecule has 0 saturated heterocycles. The highest BCUT2D eigenvalue weighted by Crippen LogP contribution is 2.28. The average molecular weight is 344 g/mol. The molecule has 136 valence electrons. The van der Waals surface area contributed by atoms with Crippen molar-refractivity contribution in [3.05, 3.63) is 41.5 Å². The third kappa shape index (κ3) is 4.62. The van der Waals surface area contributed by atoms with Gasteiger partial charge in [-0.15, -0.1) is 5.10 Å². The van der Waals surface area contributed by atoms with Gasteiger partial charge in [0.2, 0.25) is 0 Å². The molecule has 0 unspecified atom stereocenters. The molecule has 1 atom stereocenters. The summed E-state index contributed by atoms with van der Waals surface area (Å²) < 4.78 is 7.98. The van der Waals surface area contributed by atoms with Gasteiger partial charge < -0.3 is 9.64 Å². The second kappa shape index (κ2) is 8.51. The van der Waals surface area contributed by atoms with Crippen molar-refractivity contribution in [1.29, 1.82) is 0 Å². The number of hydrogen-bond donors (Lipinski definition) is 0. The van der Waals surface area contributed by atoms with Gasteiger partial charge in [0, 0.05) is 44.8 Å². The molecule has 0 aromatic carbocycles. The topological polar surface area (TPSA) is 59.3 Å². The Morgan fingerprint density at radius 1 is 1.32 bits per heavy atom. The zero-order valence-electron chi connectivity index (χ0n) is 15.4. The standard InChI is InChI=1S/C18H28N6O/c1-4-24-18-15(14-25-10-9-22(2)3)11-23(13-17(18)20-21-24)12-16-7-5-6-8-19-16/h5-8,15H,4,9-14H2,1-3H3/t15-/m1/s1. The van der Waals surface area contributed by atoms with Crippen molar-refractivity contribution in [2.75, 3.05) is 40.4 Å². The van der Waals surface area contributed by atoms with Crippen molar-refractivity contribution in [3.8, 4) is 0 Å². The molecule has 7 nitrogen and oxygen atoms in total. The lowest BCUT2D eigenvalue weighted by Gasteiger charge is -2.32. The van der Waals surface area contributed by atoms with Crippen molar-refractivity contribution >= 4 is 0 Å². The number of likely N-dealkylation sites (N-methyl/N-ethyl adjacent to an activating group) is 1. The first-order chi connectivity index (χ1) is 12.2. The second-order valence-corrected chi connectivity index (χ2v) is 6.80. The lowest BCUT2D eigenvalue weighted by Crippen LogP contribution is -2.36. The van der Waals surface area contributed by atoms with E-state index in [1.54, 1.807) is 0 Å². The van der Waals surface area contributed by atoms with Crippen LogP contribution in [0.2, 0.25) is 0 Å². The number of aryl methyl sites for hydroxylation is 1. The molecule has 0 saturated carbocycles. The summed E-state index contributed by atoms with van der Waals surface area (Å²) in [5, 5.41) is 8.74. The van der Waals surface area contributed by atoms with Gasteiger partial charge in [-0.3, -0.25) is 9.88 Å². The van der Waals surface area contributed by atoms with Crippen molar-refractivity contribution in [2.24, 2.45) is 0 Å². The van der Waals surface area contributed by atoms with E-state index in [0.717, 1.165) is 50.7 Å². The van der Waals surface area contributed by atoms with Crippen molar-refractivity contribution in [2.45, 2.75) is 32.5 Å². The van der Waals surface area contributed by atoms with Crippen LogP contribution in [-0.2, 0) is 24.4 Å². The van der Waals surface area contributed by atoms with E-state index in [1.807, 2.05) is 23.0 Å². The summed E-state index contributed by atoms with van der Waals surface area (Å²) in [5.41, 5.74) is 3.40. The molecular weight excluding hydrogens is 316 g/mol. The van der Waals surface area contributed by atoms with Gasteiger partial charge in [-0.25, -0.2) is 4.68 Å². The van der Waals surface area contributed by atoms with E-state index in [1.165, 1.54) is 5.69 Å². The van der Waals surface area contributed by atoms with Gasteiger partial charge in [0.05, 0.1) is 24.6 Å². The molecule has 2 aromatic heterocycles. The number of ether oxygens (including phenoxy) is 1. The van der Waals surface area contributed by atoms with Crippen LogP contribution in [0.4, 0.5) is 0 Å². The Hall–Kier alpha value is -1.83. The third-order valence-electron chi connectivity index (χ3n) is 4.50. The lowest BCUT2D eigenvalue weighted by molar-refractivity contribution is 0.0829. The van der Waals surface area contributed by atoms with Crippen molar-refractivity contribution in [3.63, 3.8) is 0 Å². The van der Waals surface area contributed by atoms with Crippen LogP contribution in [0.1, 0.15) is 29.9 Å². The van der Waals surface area contributed by atoms with Gasteiger partial charge in [-0.05, 0) is 33.2 Å². The number of nitrogens with zero attached hydrogens (tertiary/aromatic N) is 6. The molecule has 0 spiro atoms. The molecule has 3 rings (SSSR count). The molecule has 0 amide bonds. The number of fused-ring (bicyclic) bond motifs is 1. The summed E-state index contributed by atoms with van der Waals surface area (Å²) in [7, 11) is 4.12. The van der Waals surface area contributed by atoms with Crippen LogP contribution >= 0.6 is 0 Å². The summed E-state index contributed by atoms with van der Waals surface area (Å²) in [6.45, 7) is 7.92. The van der Waals surface area contributed by atoms with Crippen molar-refractivity contribution in [1.82, 2.24) is 29.8 Å². The van der Waals surface area contributed by atoms with E-state index in [4.69, 9.17) is 4.74 Å². The number of hydrogen-bond acceptors (Lipinski definition) is 6. The predicted molar refractivity (Wildman–Crippen MR) is 96.2 cm³/mol. The van der Waals surface area contributed by atoms with Gasteiger partial charge in [0.25, 0.3) is 0 Å². The molecule has 1 aliphatic heterocycles. The highest BCUT2D eigenvalue weighted by atomic mass is 16.5. The van der Waals surface area contributed by atoms with Crippen LogP contribution in [0.3, 0.4) is 0 Å². The fraction of sp³-hybridized carbons (Fsp3) is 0.611. The summed E-state index contributed by atoms with van der Waals surface area (Å²) in [6.07, 6.45) is 1.85. The normalized spacial score (nSPS) is 17.8. The molecule has 3 heterocycles. The molecule has 1 aliphatic rings. The van der Waals surface area contributed by atoms with Gasteiger partial charge in [0.15, 0.2) is 0 Å². The maximum absolute atomic E-state index is 5.96. The van der Waals surface area contributed by atoms with Crippen LogP contribution in [0, 0.1) is 0 Å². The van der Waals surface area contributed by atoms with Crippen LogP contribution in [-0.4, -0.2) is 70.2 Å². The molecule has 7 heteroatoms. The Balaban J connectivity index is 1.69. The fourth-order valence-electron chi connectivity index (χ4n) is 3.27. The fourth-order valence-corrected chi connectivity index (χ4v) is 3.27. The van der Waals surface area contributed by atoms with Gasteiger partial charge in [0.1, 0.15) is 5.69 Å². The molecule has 0 fully saturated rings. The summed E-state index contributed by atoms with van der Waals surface area (Å²) in [6, 6.07) is 6.06. The molecule has 0 aliphatic carbocycles. The Labute approximate surface area is 149 Å². The van der Waals surface area contributed by atoms with Crippen LogP contribution < -0.4 is 0 Å². The monoisotopic (exact) mass is 344 g/mol. The zero-order valence-corrected chi connectivity index (χ0v) is 15.4. The predicted octanol–water partition coefficient (Wildman–Crippen LogP) is 1.37. The second-order valence-electron chi connectivity index (χ2n) is 6.80.